The Morgan fingerprint density at radius 3 is 1.09 bits per heavy atom. The fourth-order valence-corrected chi connectivity index (χ4v) is 11.2. The van der Waals surface area contributed by atoms with Crippen LogP contribution in [0.15, 0.2) is 72.9 Å². The second kappa shape index (κ2) is 64.4. The molecular formula is C75H140N2O7P+. The highest BCUT2D eigenvalue weighted by atomic mass is 31.2. The molecule has 0 saturated heterocycles. The minimum absolute atomic E-state index is 0.0391. The number of hydrogen-bond donors (Lipinski definition) is 2. The van der Waals surface area contributed by atoms with Crippen LogP contribution in [0.2, 0.25) is 0 Å². The first kappa shape index (κ1) is 82.5. The van der Waals surface area contributed by atoms with Crippen LogP contribution in [-0.4, -0.2) is 74.3 Å². The predicted molar refractivity (Wildman–Crippen MR) is 369 cm³/mol. The Morgan fingerprint density at radius 1 is 0.412 bits per heavy atom. The van der Waals surface area contributed by atoms with E-state index in [9.17, 15) is 19.0 Å². The normalized spacial score (nSPS) is 13.9. The third kappa shape index (κ3) is 65.7. The molecule has 0 aromatic heterocycles. The van der Waals surface area contributed by atoms with E-state index in [1.165, 1.54) is 231 Å². The minimum Gasteiger partial charge on any atom is -0.456 e. The Bertz CT molecular complexity index is 1680. The molecular weight excluding hydrogens is 1070 g/mol. The van der Waals surface area contributed by atoms with E-state index in [0.29, 0.717) is 17.4 Å². The van der Waals surface area contributed by atoms with Crippen LogP contribution in [0.4, 0.5) is 0 Å². The summed E-state index contributed by atoms with van der Waals surface area (Å²) in [6.07, 6.45) is 84.9. The van der Waals surface area contributed by atoms with Crippen LogP contribution in [0.3, 0.4) is 0 Å². The Morgan fingerprint density at radius 2 is 0.718 bits per heavy atom. The molecule has 3 unspecified atom stereocenters. The van der Waals surface area contributed by atoms with Crippen molar-refractivity contribution in [2.45, 2.75) is 354 Å². The molecule has 10 heteroatoms. The van der Waals surface area contributed by atoms with Gasteiger partial charge in [-0.1, -0.05) is 299 Å². The molecule has 1 amide bonds. The zero-order chi connectivity index (χ0) is 62.1. The van der Waals surface area contributed by atoms with Crippen molar-refractivity contribution in [1.29, 1.82) is 0 Å². The van der Waals surface area contributed by atoms with Crippen LogP contribution in [0.25, 0.3) is 0 Å². The summed E-state index contributed by atoms with van der Waals surface area (Å²) in [5, 5.41) is 3.07. The van der Waals surface area contributed by atoms with Gasteiger partial charge in [-0.15, -0.1) is 0 Å². The van der Waals surface area contributed by atoms with Gasteiger partial charge in [0.05, 0.1) is 33.8 Å². The van der Waals surface area contributed by atoms with Crippen LogP contribution in [-0.2, 0) is 27.9 Å². The number of hydrogen-bond acceptors (Lipinski definition) is 6. The monoisotopic (exact) mass is 1210 g/mol. The van der Waals surface area contributed by atoms with E-state index in [1.54, 1.807) is 0 Å². The molecule has 0 fully saturated rings. The molecule has 3 atom stereocenters. The SMILES string of the molecule is CCCCC/C=C\C/C=C\C/C=C\CCCCCCCCCCCCCCCCC(=O)OC(/C=C\CCCCCCCCCCC)C(COP(=O)(O)OCC[N+](C)(C)C)NC(=O)CCCCCCCCCCCCC/C=C\C/C=C\CCCCC. The van der Waals surface area contributed by atoms with E-state index in [0.717, 1.165) is 77.0 Å². The number of carbonyl (C=O) groups excluding carboxylic acids is 2. The van der Waals surface area contributed by atoms with Gasteiger partial charge in [-0.25, -0.2) is 4.57 Å². The molecule has 85 heavy (non-hydrogen) atoms. The summed E-state index contributed by atoms with van der Waals surface area (Å²) in [7, 11) is 1.50. The van der Waals surface area contributed by atoms with Gasteiger partial charge in [-0.2, -0.15) is 0 Å². The van der Waals surface area contributed by atoms with E-state index in [-0.39, 0.29) is 31.5 Å². The first-order valence-electron chi connectivity index (χ1n) is 36.3. The molecule has 496 valence electrons. The maximum Gasteiger partial charge on any atom is 0.472 e. The van der Waals surface area contributed by atoms with Crippen molar-refractivity contribution < 1.29 is 37.3 Å². The first-order valence-corrected chi connectivity index (χ1v) is 37.8. The van der Waals surface area contributed by atoms with Gasteiger partial charge < -0.3 is 19.4 Å². The molecule has 9 nitrogen and oxygen atoms in total. The molecule has 2 N–H and O–H groups in total. The van der Waals surface area contributed by atoms with Gasteiger partial charge in [0.25, 0.3) is 0 Å². The van der Waals surface area contributed by atoms with Crippen LogP contribution in [0, 0.1) is 0 Å². The average Bonchev–Trinajstić information content (AvgIpc) is 3.59. The summed E-state index contributed by atoms with van der Waals surface area (Å²) in [5.74, 6) is -0.498. The van der Waals surface area contributed by atoms with E-state index in [2.05, 4.69) is 86.8 Å². The number of phosphoric ester groups is 1. The summed E-state index contributed by atoms with van der Waals surface area (Å²) in [5.41, 5.74) is 0. The van der Waals surface area contributed by atoms with Crippen molar-refractivity contribution in [2.75, 3.05) is 40.9 Å². The summed E-state index contributed by atoms with van der Waals surface area (Å²) in [6, 6.07) is -0.852. The van der Waals surface area contributed by atoms with Gasteiger partial charge in [-0.3, -0.25) is 18.6 Å². The lowest BCUT2D eigenvalue weighted by Crippen LogP contribution is -2.47. The number of nitrogens with zero attached hydrogens (tertiary/aromatic N) is 1. The van der Waals surface area contributed by atoms with Crippen molar-refractivity contribution >= 4 is 19.7 Å². The summed E-state index contributed by atoms with van der Waals surface area (Å²) >= 11 is 0. The predicted octanol–water partition coefficient (Wildman–Crippen LogP) is 23.1. The molecule has 0 aliphatic carbocycles. The number of ether oxygens (including phenoxy) is 1. The molecule has 0 aromatic rings. The maximum absolute atomic E-state index is 13.6. The van der Waals surface area contributed by atoms with Gasteiger partial charge in [-0.05, 0) is 102 Å². The number of unbranched alkanes of at least 4 members (excludes halogenated alkanes) is 40. The fourth-order valence-electron chi connectivity index (χ4n) is 10.5. The molecule has 0 saturated carbocycles. The maximum atomic E-state index is 13.6. The third-order valence-electron chi connectivity index (χ3n) is 16.1. The number of allylic oxidation sites excluding steroid dienone is 11. The number of likely N-dealkylation sites (N-methyl/N-ethyl adjacent to an activating group) is 1. The number of rotatable bonds is 66. The molecule has 0 spiro atoms. The number of esters is 1. The zero-order valence-electron chi connectivity index (χ0n) is 56.9. The lowest BCUT2D eigenvalue weighted by atomic mass is 10.0. The van der Waals surface area contributed by atoms with E-state index >= 15 is 0 Å². The zero-order valence-corrected chi connectivity index (χ0v) is 57.7. The van der Waals surface area contributed by atoms with Crippen LogP contribution >= 0.6 is 7.82 Å². The number of carbonyl (C=O) groups is 2. The third-order valence-corrected chi connectivity index (χ3v) is 17.1. The highest BCUT2D eigenvalue weighted by Gasteiger charge is 2.30. The first-order chi connectivity index (χ1) is 41.4. The van der Waals surface area contributed by atoms with Gasteiger partial charge in [0.1, 0.15) is 19.3 Å². The number of amides is 1. The lowest BCUT2D eigenvalue weighted by molar-refractivity contribution is -0.870. The smallest absolute Gasteiger partial charge is 0.456 e. The molecule has 0 radical (unpaired) electrons. The number of quaternary nitrogens is 1. The molecule has 0 aliphatic heterocycles. The van der Waals surface area contributed by atoms with Crippen LogP contribution < -0.4 is 5.32 Å². The Labute approximate surface area is 527 Å². The highest BCUT2D eigenvalue weighted by Crippen LogP contribution is 2.43. The molecule has 0 heterocycles. The van der Waals surface area contributed by atoms with Gasteiger partial charge in [0.15, 0.2) is 0 Å². The molecule has 0 aromatic carbocycles. The van der Waals surface area contributed by atoms with E-state index in [4.69, 9.17) is 13.8 Å². The van der Waals surface area contributed by atoms with Crippen LogP contribution in [0.5, 0.6) is 0 Å². The second-order valence-corrected chi connectivity index (χ2v) is 27.2. The van der Waals surface area contributed by atoms with Gasteiger partial charge in [0.2, 0.25) is 5.91 Å². The average molecular weight is 1210 g/mol. The summed E-state index contributed by atoms with van der Waals surface area (Å²) < 4.78 is 30.8. The highest BCUT2D eigenvalue weighted by molar-refractivity contribution is 7.47. The van der Waals surface area contributed by atoms with Crippen molar-refractivity contribution in [2.24, 2.45) is 0 Å². The largest absolute Gasteiger partial charge is 0.472 e. The second-order valence-electron chi connectivity index (χ2n) is 25.8. The van der Waals surface area contributed by atoms with Crippen LogP contribution in [0.1, 0.15) is 342 Å². The van der Waals surface area contributed by atoms with E-state index < -0.39 is 20.0 Å². The molecule has 0 bridgehead atoms. The van der Waals surface area contributed by atoms with Crippen molar-refractivity contribution in [3.8, 4) is 0 Å². The quantitative estimate of drug-likeness (QED) is 0.0205. The van der Waals surface area contributed by atoms with E-state index in [1.807, 2.05) is 33.3 Å². The standard InChI is InChI=1S/C75H139N2O7P/c1-7-10-13-16-19-22-25-27-29-31-33-35-36-37-38-39-40-42-44-46-48-50-53-56-59-62-65-68-75(79)84-73(66-63-60-57-54-51-24-21-18-15-12-9-3)72(71-83-85(80,81)82-70-69-77(4,5)6)76-74(78)67-64-61-58-55-52-49-47-45-43-41-34-32-30-28-26-23-20-17-14-11-8-2/h19-20,22-23,27-30,33,35,63,66,72-73H,7-18,21,24-26,31-32,34,36-62,64-65,67-71H2,1-6H3,(H-,76,78,80,81)/p+1/b22-19-,23-20-,29-27-,30-28-,35-33-,66-63-. The molecule has 0 rings (SSSR count). The summed E-state index contributed by atoms with van der Waals surface area (Å²) in [4.78, 5) is 37.9. The molecule has 0 aliphatic rings. The van der Waals surface area contributed by atoms with Crippen molar-refractivity contribution in [3.05, 3.63) is 72.9 Å². The Hall–Kier alpha value is -2.55. The fraction of sp³-hybridized carbons (Fsp3) is 0.813. The topological polar surface area (TPSA) is 111 Å². The minimum atomic E-state index is -4.46. The number of phosphoric acid groups is 1. The van der Waals surface area contributed by atoms with Crippen molar-refractivity contribution in [1.82, 2.24) is 5.32 Å². The van der Waals surface area contributed by atoms with Crippen molar-refractivity contribution in [3.63, 3.8) is 0 Å². The Balaban J connectivity index is 4.97. The number of nitrogens with one attached hydrogen (secondary N) is 1. The van der Waals surface area contributed by atoms with Gasteiger partial charge in [0, 0.05) is 12.8 Å². The Kier molecular flexibility index (Phi) is 62.5. The van der Waals surface area contributed by atoms with Gasteiger partial charge >= 0.3 is 13.8 Å². The summed E-state index contributed by atoms with van der Waals surface area (Å²) in [6.45, 7) is 6.99. The lowest BCUT2D eigenvalue weighted by Gasteiger charge is -2.27.